The van der Waals surface area contributed by atoms with E-state index in [-0.39, 0.29) is 12.0 Å². The number of nitrogens with one attached hydrogen (secondary N) is 1. The highest BCUT2D eigenvalue weighted by Crippen LogP contribution is 2.16. The molecule has 2 nitrogen and oxygen atoms in total. The molecular weight excluding hydrogens is 232 g/mol. The molecule has 19 heavy (non-hydrogen) atoms. The van der Waals surface area contributed by atoms with Crippen LogP contribution in [0.3, 0.4) is 0 Å². The van der Waals surface area contributed by atoms with Gasteiger partial charge in [-0.2, -0.15) is 5.26 Å². The molecular formula is C17H18N2. The van der Waals surface area contributed by atoms with Crippen LogP contribution in [0.2, 0.25) is 0 Å². The molecule has 1 N–H and O–H groups in total. The van der Waals surface area contributed by atoms with Crippen molar-refractivity contribution in [2.24, 2.45) is 0 Å². The molecule has 0 bridgehead atoms. The van der Waals surface area contributed by atoms with Gasteiger partial charge in [-0.05, 0) is 18.1 Å². The zero-order valence-electron chi connectivity index (χ0n) is 11.1. The molecule has 0 saturated carbocycles. The Balaban J connectivity index is 1.96. The number of hydrogen-bond acceptors (Lipinski definition) is 2. The van der Waals surface area contributed by atoms with Crippen molar-refractivity contribution in [1.82, 2.24) is 5.32 Å². The minimum Gasteiger partial charge on any atom is -0.309 e. The first kappa shape index (κ1) is 13.3. The van der Waals surface area contributed by atoms with Crippen LogP contribution in [-0.4, -0.2) is 6.54 Å². The van der Waals surface area contributed by atoms with Crippen LogP contribution in [-0.2, 0) is 0 Å². The first-order chi connectivity index (χ1) is 9.31. The Morgan fingerprint density at radius 2 is 1.47 bits per heavy atom. The van der Waals surface area contributed by atoms with Crippen molar-refractivity contribution < 1.29 is 0 Å². The zero-order chi connectivity index (χ0) is 13.5. The topological polar surface area (TPSA) is 35.8 Å². The van der Waals surface area contributed by atoms with E-state index in [1.165, 1.54) is 5.56 Å². The number of hydrogen-bond donors (Lipinski definition) is 1. The fraction of sp³-hybridized carbons (Fsp3) is 0.235. The van der Waals surface area contributed by atoms with Gasteiger partial charge in [-0.15, -0.1) is 0 Å². The van der Waals surface area contributed by atoms with Crippen molar-refractivity contribution in [1.29, 1.82) is 5.26 Å². The molecule has 0 heterocycles. The summed E-state index contributed by atoms with van der Waals surface area (Å²) in [6.07, 6.45) is 0. The van der Waals surface area contributed by atoms with E-state index in [2.05, 4.69) is 30.4 Å². The molecule has 0 aromatic heterocycles. The Labute approximate surface area is 114 Å². The third-order valence-corrected chi connectivity index (χ3v) is 3.29. The highest BCUT2D eigenvalue weighted by Gasteiger charge is 2.12. The summed E-state index contributed by atoms with van der Waals surface area (Å²) in [6.45, 7) is 2.78. The lowest BCUT2D eigenvalue weighted by Gasteiger charge is -2.17. The second-order valence-corrected chi connectivity index (χ2v) is 4.63. The number of nitriles is 1. The highest BCUT2D eigenvalue weighted by molar-refractivity contribution is 5.25. The minimum absolute atomic E-state index is 0.104. The predicted octanol–water partition coefficient (Wildman–Crippen LogP) is 3.64. The Kier molecular flexibility index (Phi) is 4.72. The van der Waals surface area contributed by atoms with Gasteiger partial charge in [0.15, 0.2) is 0 Å². The second-order valence-electron chi connectivity index (χ2n) is 4.63. The van der Waals surface area contributed by atoms with Crippen LogP contribution in [0.4, 0.5) is 0 Å². The highest BCUT2D eigenvalue weighted by atomic mass is 14.9. The third kappa shape index (κ3) is 3.67. The fourth-order valence-electron chi connectivity index (χ4n) is 2.08. The van der Waals surface area contributed by atoms with Gasteiger partial charge in [-0.1, -0.05) is 60.7 Å². The Morgan fingerprint density at radius 1 is 0.947 bits per heavy atom. The molecule has 1 unspecified atom stereocenters. The number of benzene rings is 2. The summed E-state index contributed by atoms with van der Waals surface area (Å²) in [7, 11) is 0. The molecule has 2 aromatic rings. The smallest absolute Gasteiger partial charge is 0.0837 e. The van der Waals surface area contributed by atoms with Crippen LogP contribution in [0.15, 0.2) is 60.7 Å². The molecule has 0 saturated heterocycles. The van der Waals surface area contributed by atoms with Crippen molar-refractivity contribution in [2.45, 2.75) is 18.9 Å². The van der Waals surface area contributed by atoms with Crippen LogP contribution < -0.4 is 5.32 Å². The lowest BCUT2D eigenvalue weighted by molar-refractivity contribution is 0.558. The normalized spacial score (nSPS) is 13.5. The number of nitrogens with zero attached hydrogens (tertiary/aromatic N) is 1. The van der Waals surface area contributed by atoms with Gasteiger partial charge < -0.3 is 5.32 Å². The molecule has 96 valence electrons. The largest absolute Gasteiger partial charge is 0.309 e. The van der Waals surface area contributed by atoms with Gasteiger partial charge in [0, 0.05) is 12.6 Å². The van der Waals surface area contributed by atoms with Crippen molar-refractivity contribution in [3.63, 3.8) is 0 Å². The van der Waals surface area contributed by atoms with E-state index in [4.69, 9.17) is 0 Å². The standard InChI is InChI=1S/C17H18N2/c1-14(15-8-4-2-5-9-15)19-13-17(12-18)16-10-6-3-7-11-16/h2-11,14,17,19H,13H2,1H3/t14-,17?/m0/s1. The summed E-state index contributed by atoms with van der Waals surface area (Å²) in [5.41, 5.74) is 2.31. The Morgan fingerprint density at radius 3 is 2.00 bits per heavy atom. The van der Waals surface area contributed by atoms with Crippen LogP contribution >= 0.6 is 0 Å². The SMILES string of the molecule is C[C@H](NCC(C#N)c1ccccc1)c1ccccc1. The van der Waals surface area contributed by atoms with Gasteiger partial charge in [-0.25, -0.2) is 0 Å². The molecule has 2 atom stereocenters. The van der Waals surface area contributed by atoms with Gasteiger partial charge in [-0.3, -0.25) is 0 Å². The van der Waals surface area contributed by atoms with Crippen LogP contribution in [0.1, 0.15) is 30.0 Å². The first-order valence-electron chi connectivity index (χ1n) is 6.54. The Hall–Kier alpha value is -2.11. The van der Waals surface area contributed by atoms with Crippen molar-refractivity contribution in [3.05, 3.63) is 71.8 Å². The van der Waals surface area contributed by atoms with E-state index in [0.717, 1.165) is 5.56 Å². The maximum Gasteiger partial charge on any atom is 0.0837 e. The summed E-state index contributed by atoms with van der Waals surface area (Å²) in [5.74, 6) is -0.104. The van der Waals surface area contributed by atoms with E-state index < -0.39 is 0 Å². The first-order valence-corrected chi connectivity index (χ1v) is 6.54. The molecule has 0 radical (unpaired) electrons. The third-order valence-electron chi connectivity index (χ3n) is 3.29. The Bertz CT molecular complexity index is 528. The molecule has 0 aliphatic carbocycles. The molecule has 0 fully saturated rings. The summed E-state index contributed by atoms with van der Waals surface area (Å²) in [5, 5.41) is 12.7. The average Bonchev–Trinajstić information content (AvgIpc) is 2.49. The quantitative estimate of drug-likeness (QED) is 0.879. The van der Waals surface area contributed by atoms with Gasteiger partial charge in [0.2, 0.25) is 0 Å². The van der Waals surface area contributed by atoms with Gasteiger partial charge >= 0.3 is 0 Å². The molecule has 0 spiro atoms. The molecule has 0 aliphatic rings. The number of rotatable bonds is 5. The maximum absolute atomic E-state index is 9.27. The summed E-state index contributed by atoms with van der Waals surface area (Å²) < 4.78 is 0. The van der Waals surface area contributed by atoms with Crippen molar-refractivity contribution >= 4 is 0 Å². The molecule has 2 heteroatoms. The van der Waals surface area contributed by atoms with E-state index in [9.17, 15) is 5.26 Å². The average molecular weight is 250 g/mol. The van der Waals surface area contributed by atoms with E-state index in [1.807, 2.05) is 48.5 Å². The minimum atomic E-state index is -0.104. The van der Waals surface area contributed by atoms with E-state index >= 15 is 0 Å². The van der Waals surface area contributed by atoms with Crippen LogP contribution in [0.25, 0.3) is 0 Å². The van der Waals surface area contributed by atoms with E-state index in [1.54, 1.807) is 0 Å². The predicted molar refractivity (Wildman–Crippen MR) is 77.7 cm³/mol. The van der Waals surface area contributed by atoms with Crippen LogP contribution in [0.5, 0.6) is 0 Å². The molecule has 2 rings (SSSR count). The summed E-state index contributed by atoms with van der Waals surface area (Å²) in [6, 6.07) is 22.8. The molecule has 2 aromatic carbocycles. The van der Waals surface area contributed by atoms with Gasteiger partial charge in [0.1, 0.15) is 0 Å². The summed E-state index contributed by atoms with van der Waals surface area (Å²) >= 11 is 0. The van der Waals surface area contributed by atoms with Crippen LogP contribution in [0, 0.1) is 11.3 Å². The second kappa shape index (κ2) is 6.72. The van der Waals surface area contributed by atoms with E-state index in [0.29, 0.717) is 6.54 Å². The molecule has 0 amide bonds. The lowest BCUT2D eigenvalue weighted by atomic mass is 10.00. The van der Waals surface area contributed by atoms with Gasteiger partial charge in [0.05, 0.1) is 12.0 Å². The van der Waals surface area contributed by atoms with Crippen molar-refractivity contribution in [3.8, 4) is 6.07 Å². The molecule has 0 aliphatic heterocycles. The van der Waals surface area contributed by atoms with Gasteiger partial charge in [0.25, 0.3) is 0 Å². The van der Waals surface area contributed by atoms with Crippen molar-refractivity contribution in [2.75, 3.05) is 6.54 Å². The monoisotopic (exact) mass is 250 g/mol. The lowest BCUT2D eigenvalue weighted by Crippen LogP contribution is -2.24. The maximum atomic E-state index is 9.27. The summed E-state index contributed by atoms with van der Waals surface area (Å²) in [4.78, 5) is 0. The zero-order valence-corrected chi connectivity index (χ0v) is 11.1. The fourth-order valence-corrected chi connectivity index (χ4v) is 2.08.